The summed E-state index contributed by atoms with van der Waals surface area (Å²) in [6.07, 6.45) is 7.59. The number of likely N-dealkylation sites (N-methyl/N-ethyl adjacent to an activating group) is 1. The van der Waals surface area contributed by atoms with Crippen molar-refractivity contribution in [1.29, 1.82) is 0 Å². The van der Waals surface area contributed by atoms with Crippen molar-refractivity contribution in [3.8, 4) is 0 Å². The maximum Gasteiger partial charge on any atom is 0.0981 e. The Morgan fingerprint density at radius 1 is 1.50 bits per heavy atom. The molecule has 1 aliphatic carbocycles. The van der Waals surface area contributed by atoms with E-state index >= 15 is 0 Å². The number of allylic oxidation sites excluding steroid dienone is 3. The van der Waals surface area contributed by atoms with E-state index in [1.807, 2.05) is 0 Å². The van der Waals surface area contributed by atoms with Gasteiger partial charge < -0.3 is 10.2 Å². The monoisotopic (exact) mass is 188 g/mol. The van der Waals surface area contributed by atoms with E-state index < -0.39 is 0 Å². The standard InChI is InChI=1S/C12H16N2/c1-9-5-4-6-12-11(7-9)8-14(3)10(2)13-12/h4-5,7,13H,2,6,8H2,1,3H3. The van der Waals surface area contributed by atoms with E-state index in [-0.39, 0.29) is 0 Å². The molecule has 2 rings (SSSR count). The van der Waals surface area contributed by atoms with Crippen molar-refractivity contribution in [2.45, 2.75) is 13.3 Å². The Bertz CT molecular complexity index is 359. The van der Waals surface area contributed by atoms with Crippen LogP contribution in [-0.2, 0) is 0 Å². The zero-order valence-corrected chi connectivity index (χ0v) is 8.80. The summed E-state index contributed by atoms with van der Waals surface area (Å²) in [6.45, 7) is 7.07. The second-order valence-corrected chi connectivity index (χ2v) is 3.93. The van der Waals surface area contributed by atoms with Crippen molar-refractivity contribution in [3.63, 3.8) is 0 Å². The fourth-order valence-corrected chi connectivity index (χ4v) is 1.80. The van der Waals surface area contributed by atoms with Gasteiger partial charge in [-0.05, 0) is 12.5 Å². The maximum atomic E-state index is 3.97. The molecular formula is C12H16N2. The molecule has 0 amide bonds. The van der Waals surface area contributed by atoms with Gasteiger partial charge in [0.2, 0.25) is 0 Å². The maximum absolute atomic E-state index is 3.97. The summed E-state index contributed by atoms with van der Waals surface area (Å²) in [6, 6.07) is 0. The average molecular weight is 188 g/mol. The van der Waals surface area contributed by atoms with Gasteiger partial charge in [0.1, 0.15) is 0 Å². The van der Waals surface area contributed by atoms with Crippen molar-refractivity contribution in [3.05, 3.63) is 47.5 Å². The summed E-state index contributed by atoms with van der Waals surface area (Å²) in [5, 5.41) is 3.34. The van der Waals surface area contributed by atoms with Crippen molar-refractivity contribution in [2.75, 3.05) is 13.6 Å². The van der Waals surface area contributed by atoms with Gasteiger partial charge in [0.25, 0.3) is 0 Å². The minimum absolute atomic E-state index is 0.959. The van der Waals surface area contributed by atoms with Crippen LogP contribution in [0.15, 0.2) is 47.5 Å². The van der Waals surface area contributed by atoms with Crippen molar-refractivity contribution in [2.24, 2.45) is 0 Å². The van der Waals surface area contributed by atoms with Gasteiger partial charge in [0.05, 0.1) is 5.82 Å². The van der Waals surface area contributed by atoms with Crippen molar-refractivity contribution < 1.29 is 0 Å². The molecule has 0 spiro atoms. The van der Waals surface area contributed by atoms with Crippen LogP contribution in [0.3, 0.4) is 0 Å². The van der Waals surface area contributed by atoms with Crippen LogP contribution in [-0.4, -0.2) is 18.5 Å². The zero-order valence-electron chi connectivity index (χ0n) is 8.80. The summed E-state index contributed by atoms with van der Waals surface area (Å²) in [5.74, 6) is 0.991. The van der Waals surface area contributed by atoms with Gasteiger partial charge in [-0.15, -0.1) is 0 Å². The molecule has 0 saturated carbocycles. The molecule has 2 nitrogen and oxygen atoms in total. The summed E-state index contributed by atoms with van der Waals surface area (Å²) in [5.41, 5.74) is 3.99. The van der Waals surface area contributed by atoms with E-state index in [2.05, 4.69) is 49.0 Å². The molecule has 0 aromatic rings. The average Bonchev–Trinajstić information content (AvgIpc) is 2.28. The van der Waals surface area contributed by atoms with E-state index in [1.54, 1.807) is 0 Å². The van der Waals surface area contributed by atoms with Gasteiger partial charge in [0.15, 0.2) is 0 Å². The second-order valence-electron chi connectivity index (χ2n) is 3.93. The molecule has 74 valence electrons. The third-order valence-electron chi connectivity index (χ3n) is 2.66. The van der Waals surface area contributed by atoms with Crippen LogP contribution in [0.25, 0.3) is 0 Å². The molecule has 1 N–H and O–H groups in total. The second kappa shape index (κ2) is 3.37. The van der Waals surface area contributed by atoms with Crippen LogP contribution in [0.5, 0.6) is 0 Å². The molecule has 0 fully saturated rings. The van der Waals surface area contributed by atoms with E-state index in [0.717, 1.165) is 18.8 Å². The van der Waals surface area contributed by atoms with E-state index in [9.17, 15) is 0 Å². The number of nitrogens with zero attached hydrogens (tertiary/aromatic N) is 1. The third kappa shape index (κ3) is 1.60. The minimum Gasteiger partial charge on any atom is -0.357 e. The van der Waals surface area contributed by atoms with Crippen LogP contribution in [0.4, 0.5) is 0 Å². The zero-order chi connectivity index (χ0) is 10.1. The van der Waals surface area contributed by atoms with Gasteiger partial charge in [0, 0.05) is 25.7 Å². The number of rotatable bonds is 0. The summed E-state index contributed by atoms with van der Waals surface area (Å²) >= 11 is 0. The Balaban J connectivity index is 2.34. The van der Waals surface area contributed by atoms with E-state index in [1.165, 1.54) is 16.8 Å². The van der Waals surface area contributed by atoms with Crippen LogP contribution in [0.2, 0.25) is 0 Å². The van der Waals surface area contributed by atoms with Crippen LogP contribution >= 0.6 is 0 Å². The van der Waals surface area contributed by atoms with Gasteiger partial charge >= 0.3 is 0 Å². The number of hydrogen-bond acceptors (Lipinski definition) is 2. The predicted octanol–water partition coefficient (Wildman–Crippen LogP) is 2.15. The van der Waals surface area contributed by atoms with Crippen molar-refractivity contribution in [1.82, 2.24) is 10.2 Å². The first-order chi connectivity index (χ1) is 6.66. The highest BCUT2D eigenvalue weighted by atomic mass is 15.2. The first kappa shape index (κ1) is 9.13. The fraction of sp³-hybridized carbons (Fsp3) is 0.333. The molecule has 1 aliphatic heterocycles. The van der Waals surface area contributed by atoms with Gasteiger partial charge in [-0.1, -0.05) is 30.4 Å². The molecule has 14 heavy (non-hydrogen) atoms. The summed E-state index contributed by atoms with van der Waals surface area (Å²) < 4.78 is 0. The molecule has 0 atom stereocenters. The first-order valence-corrected chi connectivity index (χ1v) is 4.91. The Labute approximate surface area is 85.3 Å². The molecule has 0 unspecified atom stereocenters. The minimum atomic E-state index is 0.959. The topological polar surface area (TPSA) is 15.3 Å². The van der Waals surface area contributed by atoms with Crippen LogP contribution < -0.4 is 5.32 Å². The highest BCUT2D eigenvalue weighted by molar-refractivity contribution is 5.40. The number of nitrogens with one attached hydrogen (secondary N) is 1. The molecular weight excluding hydrogens is 172 g/mol. The Morgan fingerprint density at radius 3 is 3.07 bits per heavy atom. The lowest BCUT2D eigenvalue weighted by molar-refractivity contribution is 0.407. The fourth-order valence-electron chi connectivity index (χ4n) is 1.80. The Kier molecular flexibility index (Phi) is 2.20. The summed E-state index contributed by atoms with van der Waals surface area (Å²) in [7, 11) is 2.06. The lowest BCUT2D eigenvalue weighted by Crippen LogP contribution is -2.35. The van der Waals surface area contributed by atoms with Gasteiger partial charge in [-0.2, -0.15) is 0 Å². The smallest absolute Gasteiger partial charge is 0.0981 e. The van der Waals surface area contributed by atoms with Gasteiger partial charge in [-0.3, -0.25) is 0 Å². The largest absolute Gasteiger partial charge is 0.357 e. The Morgan fingerprint density at radius 2 is 2.29 bits per heavy atom. The molecule has 0 aromatic carbocycles. The highest BCUT2D eigenvalue weighted by Crippen LogP contribution is 2.22. The molecule has 0 saturated heterocycles. The predicted molar refractivity (Wildman–Crippen MR) is 59.4 cm³/mol. The molecule has 2 heteroatoms. The van der Waals surface area contributed by atoms with E-state index in [4.69, 9.17) is 0 Å². The van der Waals surface area contributed by atoms with Gasteiger partial charge in [-0.25, -0.2) is 0 Å². The van der Waals surface area contributed by atoms with E-state index in [0.29, 0.717) is 0 Å². The quantitative estimate of drug-likeness (QED) is 0.626. The third-order valence-corrected chi connectivity index (χ3v) is 2.66. The lowest BCUT2D eigenvalue weighted by Gasteiger charge is -2.30. The number of hydrogen-bond donors (Lipinski definition) is 1. The van der Waals surface area contributed by atoms with Crippen molar-refractivity contribution >= 4 is 0 Å². The van der Waals surface area contributed by atoms with Crippen LogP contribution in [0, 0.1) is 0 Å². The highest BCUT2D eigenvalue weighted by Gasteiger charge is 2.16. The first-order valence-electron chi connectivity index (χ1n) is 4.91. The summed E-state index contributed by atoms with van der Waals surface area (Å²) in [4.78, 5) is 2.13. The molecule has 0 bridgehead atoms. The SMILES string of the molecule is C=C1NC2=C(C=C(C)C=CC2)CN1C. The molecule has 0 radical (unpaired) electrons. The van der Waals surface area contributed by atoms with Crippen LogP contribution in [0.1, 0.15) is 13.3 Å². The Hall–Kier alpha value is -1.44. The molecule has 1 heterocycles. The molecule has 0 aromatic heterocycles. The normalized spacial score (nSPS) is 21.4. The lowest BCUT2D eigenvalue weighted by atomic mass is 10.1. The molecule has 2 aliphatic rings.